The Hall–Kier alpha value is -1.34. The Bertz CT molecular complexity index is 685. The van der Waals surface area contributed by atoms with Crippen molar-refractivity contribution in [2.45, 2.75) is 32.4 Å². The SMILES string of the molecule is CC1CCN(C(=O)c2cccc(OCc3cscn3)c2)C(CN)C1.Cl.Cl. The van der Waals surface area contributed by atoms with Gasteiger partial charge in [0.2, 0.25) is 0 Å². The summed E-state index contributed by atoms with van der Waals surface area (Å²) in [6.45, 7) is 3.91. The number of amides is 1. The maximum absolute atomic E-state index is 12.9. The lowest BCUT2D eigenvalue weighted by Crippen LogP contribution is -2.49. The van der Waals surface area contributed by atoms with Crippen LogP contribution in [0, 0.1) is 5.92 Å². The second kappa shape index (κ2) is 10.7. The van der Waals surface area contributed by atoms with E-state index in [1.165, 1.54) is 0 Å². The molecular weight excluding hydrogens is 393 g/mol. The molecule has 8 heteroatoms. The topological polar surface area (TPSA) is 68.5 Å². The van der Waals surface area contributed by atoms with E-state index < -0.39 is 0 Å². The fourth-order valence-electron chi connectivity index (χ4n) is 3.09. The third-order valence-electron chi connectivity index (χ3n) is 4.46. The van der Waals surface area contributed by atoms with Crippen LogP contribution in [0.1, 0.15) is 35.8 Å². The van der Waals surface area contributed by atoms with Crippen molar-refractivity contribution in [2.24, 2.45) is 11.7 Å². The summed E-state index contributed by atoms with van der Waals surface area (Å²) in [5.41, 5.74) is 9.20. The number of aromatic nitrogens is 1. The number of hydrogen-bond acceptors (Lipinski definition) is 5. The summed E-state index contributed by atoms with van der Waals surface area (Å²) in [7, 11) is 0. The molecule has 1 amide bonds. The fourth-order valence-corrected chi connectivity index (χ4v) is 3.64. The largest absolute Gasteiger partial charge is 0.487 e. The number of ether oxygens (including phenoxy) is 1. The lowest BCUT2D eigenvalue weighted by molar-refractivity contribution is 0.0573. The summed E-state index contributed by atoms with van der Waals surface area (Å²) in [5, 5.41) is 1.95. The molecule has 0 aliphatic carbocycles. The maximum atomic E-state index is 12.9. The van der Waals surface area contributed by atoms with E-state index in [1.807, 2.05) is 28.5 Å². The van der Waals surface area contributed by atoms with Gasteiger partial charge in [-0.2, -0.15) is 0 Å². The van der Waals surface area contributed by atoms with E-state index in [1.54, 1.807) is 22.9 Å². The average molecular weight is 418 g/mol. The minimum Gasteiger partial charge on any atom is -0.487 e. The molecule has 1 aliphatic heterocycles. The van der Waals surface area contributed by atoms with E-state index in [-0.39, 0.29) is 36.8 Å². The van der Waals surface area contributed by atoms with Gasteiger partial charge in [-0.25, -0.2) is 4.98 Å². The Morgan fingerprint density at radius 1 is 1.42 bits per heavy atom. The number of rotatable bonds is 5. The standard InChI is InChI=1S/C18H23N3O2S.2ClH/c1-13-5-6-21(16(7-13)9-19)18(22)14-3-2-4-17(8-14)23-10-15-11-24-12-20-15;;/h2-4,8,11-13,16H,5-7,9-10,19H2,1H3;2*1H. The molecule has 5 nitrogen and oxygen atoms in total. The van der Waals surface area contributed by atoms with Crippen LogP contribution < -0.4 is 10.5 Å². The summed E-state index contributed by atoms with van der Waals surface area (Å²) in [6, 6.07) is 7.49. The minimum absolute atomic E-state index is 0. The van der Waals surface area contributed by atoms with Crippen molar-refractivity contribution in [2.75, 3.05) is 13.1 Å². The number of thiazole rings is 1. The lowest BCUT2D eigenvalue weighted by Gasteiger charge is -2.38. The Morgan fingerprint density at radius 2 is 2.23 bits per heavy atom. The van der Waals surface area contributed by atoms with E-state index >= 15 is 0 Å². The van der Waals surface area contributed by atoms with Crippen molar-refractivity contribution < 1.29 is 9.53 Å². The van der Waals surface area contributed by atoms with E-state index in [2.05, 4.69) is 11.9 Å². The van der Waals surface area contributed by atoms with Crippen molar-refractivity contribution in [1.82, 2.24) is 9.88 Å². The first-order valence-electron chi connectivity index (χ1n) is 8.28. The van der Waals surface area contributed by atoms with Gasteiger partial charge >= 0.3 is 0 Å². The van der Waals surface area contributed by atoms with Gasteiger partial charge in [0.05, 0.1) is 11.2 Å². The van der Waals surface area contributed by atoms with Crippen LogP contribution in [0.15, 0.2) is 35.2 Å². The van der Waals surface area contributed by atoms with Gasteiger partial charge in [-0.1, -0.05) is 13.0 Å². The highest BCUT2D eigenvalue weighted by atomic mass is 35.5. The number of carbonyl (C=O) groups is 1. The van der Waals surface area contributed by atoms with Crippen LogP contribution in [0.5, 0.6) is 5.75 Å². The first-order chi connectivity index (χ1) is 11.7. The summed E-state index contributed by atoms with van der Waals surface area (Å²) < 4.78 is 5.75. The van der Waals surface area contributed by atoms with Crippen molar-refractivity contribution in [1.29, 1.82) is 0 Å². The highest BCUT2D eigenvalue weighted by molar-refractivity contribution is 7.07. The Labute approximate surface area is 170 Å². The smallest absolute Gasteiger partial charge is 0.254 e. The molecule has 1 aromatic carbocycles. The summed E-state index contributed by atoms with van der Waals surface area (Å²) in [5.74, 6) is 1.34. The molecule has 144 valence electrons. The van der Waals surface area contributed by atoms with Crippen molar-refractivity contribution in [3.8, 4) is 5.75 Å². The van der Waals surface area contributed by atoms with Gasteiger partial charge in [0, 0.05) is 30.1 Å². The third-order valence-corrected chi connectivity index (χ3v) is 5.10. The van der Waals surface area contributed by atoms with Gasteiger partial charge in [-0.3, -0.25) is 4.79 Å². The zero-order valence-electron chi connectivity index (χ0n) is 14.7. The number of hydrogen-bond donors (Lipinski definition) is 1. The number of halogens is 2. The normalized spacial score (nSPS) is 19.2. The molecule has 2 atom stereocenters. The molecule has 1 fully saturated rings. The molecule has 0 spiro atoms. The molecule has 1 saturated heterocycles. The van der Waals surface area contributed by atoms with Crippen LogP contribution in [0.25, 0.3) is 0 Å². The molecule has 2 unspecified atom stereocenters. The van der Waals surface area contributed by atoms with Crippen LogP contribution in [0.2, 0.25) is 0 Å². The third kappa shape index (κ3) is 5.58. The number of likely N-dealkylation sites (tertiary alicyclic amines) is 1. The van der Waals surface area contributed by atoms with Crippen molar-refractivity contribution in [3.63, 3.8) is 0 Å². The van der Waals surface area contributed by atoms with Gasteiger partial charge in [0.15, 0.2) is 0 Å². The second-order valence-corrected chi connectivity index (χ2v) is 7.03. The second-order valence-electron chi connectivity index (χ2n) is 6.31. The summed E-state index contributed by atoms with van der Waals surface area (Å²) in [6.07, 6.45) is 2.00. The van der Waals surface area contributed by atoms with Gasteiger partial charge in [-0.05, 0) is 37.0 Å². The lowest BCUT2D eigenvalue weighted by atomic mass is 9.92. The zero-order valence-corrected chi connectivity index (χ0v) is 17.1. The van der Waals surface area contributed by atoms with E-state index in [0.717, 1.165) is 25.1 Å². The number of piperidine rings is 1. The predicted molar refractivity (Wildman–Crippen MR) is 110 cm³/mol. The Kier molecular flexibility index (Phi) is 9.36. The van der Waals surface area contributed by atoms with E-state index in [4.69, 9.17) is 10.5 Å². The van der Waals surface area contributed by atoms with Gasteiger partial charge < -0.3 is 15.4 Å². The highest BCUT2D eigenvalue weighted by Gasteiger charge is 2.29. The predicted octanol–water partition coefficient (Wildman–Crippen LogP) is 3.77. The van der Waals surface area contributed by atoms with Crippen molar-refractivity contribution in [3.05, 3.63) is 46.4 Å². The Balaban J connectivity index is 0.00000169. The first-order valence-corrected chi connectivity index (χ1v) is 9.22. The molecule has 2 N–H and O–H groups in total. The maximum Gasteiger partial charge on any atom is 0.254 e. The summed E-state index contributed by atoms with van der Waals surface area (Å²) >= 11 is 1.54. The average Bonchev–Trinajstić information content (AvgIpc) is 3.13. The van der Waals surface area contributed by atoms with Crippen LogP contribution in [-0.2, 0) is 6.61 Å². The van der Waals surface area contributed by atoms with Gasteiger partial charge in [0.1, 0.15) is 12.4 Å². The molecule has 0 radical (unpaired) electrons. The molecule has 0 saturated carbocycles. The monoisotopic (exact) mass is 417 g/mol. The number of nitrogens with two attached hydrogens (primary N) is 1. The molecular formula is C18H25Cl2N3O2S. The minimum atomic E-state index is 0. The molecule has 3 rings (SSSR count). The van der Waals surface area contributed by atoms with Crippen LogP contribution in [0.4, 0.5) is 0 Å². The molecule has 0 bridgehead atoms. The molecule has 1 aliphatic rings. The zero-order chi connectivity index (χ0) is 16.9. The molecule has 26 heavy (non-hydrogen) atoms. The van der Waals surface area contributed by atoms with Gasteiger partial charge in [-0.15, -0.1) is 36.2 Å². The molecule has 2 heterocycles. The number of nitrogens with zero attached hydrogens (tertiary/aromatic N) is 2. The van der Waals surface area contributed by atoms with Gasteiger partial charge in [0.25, 0.3) is 5.91 Å². The summed E-state index contributed by atoms with van der Waals surface area (Å²) in [4.78, 5) is 19.0. The van der Waals surface area contributed by atoms with E-state index in [0.29, 0.717) is 30.4 Å². The number of benzene rings is 1. The van der Waals surface area contributed by atoms with Crippen LogP contribution in [-0.4, -0.2) is 34.9 Å². The van der Waals surface area contributed by atoms with Crippen LogP contribution in [0.3, 0.4) is 0 Å². The van der Waals surface area contributed by atoms with E-state index in [9.17, 15) is 4.79 Å². The molecule has 1 aromatic heterocycles. The van der Waals surface area contributed by atoms with Crippen molar-refractivity contribution >= 4 is 42.1 Å². The quantitative estimate of drug-likeness (QED) is 0.803. The number of carbonyl (C=O) groups excluding carboxylic acids is 1. The molecule has 2 aromatic rings. The Morgan fingerprint density at radius 3 is 2.92 bits per heavy atom. The first kappa shape index (κ1) is 22.7. The van der Waals surface area contributed by atoms with Crippen LogP contribution >= 0.6 is 36.2 Å². The highest BCUT2D eigenvalue weighted by Crippen LogP contribution is 2.25. The fraction of sp³-hybridized carbons (Fsp3) is 0.444.